The van der Waals surface area contributed by atoms with E-state index in [1.165, 1.54) is 6.07 Å². The SMILES string of the molecule is CCCCN(c1ccccc1)c1c(F)cccc1CCl. The molecule has 0 unspecified atom stereocenters. The summed E-state index contributed by atoms with van der Waals surface area (Å²) in [5.41, 5.74) is 2.42. The third-order valence-corrected chi connectivity index (χ3v) is 3.58. The Bertz CT molecular complexity index is 542. The number of hydrogen-bond acceptors (Lipinski definition) is 1. The van der Waals surface area contributed by atoms with Gasteiger partial charge >= 0.3 is 0 Å². The molecule has 0 heterocycles. The van der Waals surface area contributed by atoms with Crippen LogP contribution in [0.15, 0.2) is 48.5 Å². The third-order valence-electron chi connectivity index (χ3n) is 3.29. The molecule has 0 amide bonds. The van der Waals surface area contributed by atoms with E-state index in [0.717, 1.165) is 30.6 Å². The first kappa shape index (κ1) is 14.9. The number of halogens is 2. The van der Waals surface area contributed by atoms with Gasteiger partial charge in [0.1, 0.15) is 5.82 Å². The van der Waals surface area contributed by atoms with E-state index in [9.17, 15) is 4.39 Å². The summed E-state index contributed by atoms with van der Waals surface area (Å²) in [7, 11) is 0. The number of benzene rings is 2. The molecule has 106 valence electrons. The quantitative estimate of drug-likeness (QED) is 0.635. The Morgan fingerprint density at radius 1 is 1.05 bits per heavy atom. The molecule has 2 aromatic rings. The highest BCUT2D eigenvalue weighted by Crippen LogP contribution is 2.32. The van der Waals surface area contributed by atoms with E-state index in [2.05, 4.69) is 6.92 Å². The number of alkyl halides is 1. The molecule has 2 aromatic carbocycles. The molecule has 1 nitrogen and oxygen atoms in total. The van der Waals surface area contributed by atoms with Crippen LogP contribution in [0.25, 0.3) is 0 Å². The maximum Gasteiger partial charge on any atom is 0.147 e. The number of anilines is 2. The van der Waals surface area contributed by atoms with Gasteiger partial charge in [-0.15, -0.1) is 11.6 Å². The highest BCUT2D eigenvalue weighted by molar-refractivity contribution is 6.17. The van der Waals surface area contributed by atoms with Crippen LogP contribution in [0.5, 0.6) is 0 Å². The minimum Gasteiger partial charge on any atom is -0.339 e. The van der Waals surface area contributed by atoms with Crippen LogP contribution in [-0.4, -0.2) is 6.54 Å². The summed E-state index contributed by atoms with van der Waals surface area (Å²) in [5, 5.41) is 0. The Balaban J connectivity index is 2.46. The third kappa shape index (κ3) is 3.31. The van der Waals surface area contributed by atoms with Crippen LogP contribution in [0.1, 0.15) is 25.3 Å². The summed E-state index contributed by atoms with van der Waals surface area (Å²) >= 11 is 5.98. The zero-order chi connectivity index (χ0) is 14.4. The number of hydrogen-bond donors (Lipinski definition) is 0. The lowest BCUT2D eigenvalue weighted by Gasteiger charge is -2.27. The fourth-order valence-corrected chi connectivity index (χ4v) is 2.48. The zero-order valence-electron chi connectivity index (χ0n) is 11.7. The summed E-state index contributed by atoms with van der Waals surface area (Å²) < 4.78 is 14.3. The van der Waals surface area contributed by atoms with Gasteiger partial charge in [-0.2, -0.15) is 0 Å². The molecule has 0 saturated heterocycles. The van der Waals surface area contributed by atoms with Crippen molar-refractivity contribution in [1.29, 1.82) is 0 Å². The van der Waals surface area contributed by atoms with Crippen LogP contribution in [0.4, 0.5) is 15.8 Å². The van der Waals surface area contributed by atoms with Crippen LogP contribution in [0, 0.1) is 5.82 Å². The lowest BCUT2D eigenvalue weighted by molar-refractivity contribution is 0.621. The summed E-state index contributed by atoms with van der Waals surface area (Å²) in [6.07, 6.45) is 2.07. The van der Waals surface area contributed by atoms with Crippen LogP contribution >= 0.6 is 11.6 Å². The monoisotopic (exact) mass is 291 g/mol. The molecule has 0 aliphatic carbocycles. The Hall–Kier alpha value is -1.54. The first-order chi connectivity index (χ1) is 9.77. The van der Waals surface area contributed by atoms with Gasteiger partial charge in [0, 0.05) is 18.1 Å². The van der Waals surface area contributed by atoms with Gasteiger partial charge in [-0.1, -0.05) is 43.7 Å². The fraction of sp³-hybridized carbons (Fsp3) is 0.294. The molecule has 0 fully saturated rings. The molecule has 20 heavy (non-hydrogen) atoms. The van der Waals surface area contributed by atoms with Crippen molar-refractivity contribution in [3.05, 3.63) is 59.9 Å². The van der Waals surface area contributed by atoms with E-state index in [0.29, 0.717) is 11.6 Å². The second-order valence-corrected chi connectivity index (χ2v) is 4.99. The van der Waals surface area contributed by atoms with E-state index in [4.69, 9.17) is 11.6 Å². The van der Waals surface area contributed by atoms with Gasteiger partial charge in [-0.05, 0) is 30.2 Å². The van der Waals surface area contributed by atoms with Gasteiger partial charge in [0.2, 0.25) is 0 Å². The van der Waals surface area contributed by atoms with Gasteiger partial charge in [0.25, 0.3) is 0 Å². The Kier molecular flexibility index (Phi) is 5.42. The van der Waals surface area contributed by atoms with Crippen molar-refractivity contribution in [2.45, 2.75) is 25.6 Å². The maximum atomic E-state index is 14.3. The van der Waals surface area contributed by atoms with Gasteiger partial charge < -0.3 is 4.90 Å². The number of rotatable bonds is 6. The zero-order valence-corrected chi connectivity index (χ0v) is 12.4. The number of para-hydroxylation sites is 2. The topological polar surface area (TPSA) is 3.24 Å². The predicted molar refractivity (Wildman–Crippen MR) is 84.3 cm³/mol. The Labute approximate surface area is 125 Å². The van der Waals surface area contributed by atoms with Crippen LogP contribution in [0.3, 0.4) is 0 Å². The second-order valence-electron chi connectivity index (χ2n) is 4.72. The number of nitrogens with zero attached hydrogens (tertiary/aromatic N) is 1. The van der Waals surface area contributed by atoms with E-state index in [-0.39, 0.29) is 5.82 Å². The maximum absolute atomic E-state index is 14.3. The molecule has 0 saturated carbocycles. The molecule has 0 aromatic heterocycles. The molecule has 0 aliphatic heterocycles. The predicted octanol–water partition coefficient (Wildman–Crippen LogP) is 5.50. The van der Waals surface area contributed by atoms with Crippen molar-refractivity contribution in [3.63, 3.8) is 0 Å². The van der Waals surface area contributed by atoms with Crippen molar-refractivity contribution in [3.8, 4) is 0 Å². The minimum absolute atomic E-state index is 0.219. The Morgan fingerprint density at radius 3 is 2.45 bits per heavy atom. The fourth-order valence-electron chi connectivity index (χ4n) is 2.26. The van der Waals surface area contributed by atoms with Gasteiger partial charge in [-0.25, -0.2) is 4.39 Å². The van der Waals surface area contributed by atoms with Crippen molar-refractivity contribution < 1.29 is 4.39 Å². The average molecular weight is 292 g/mol. The molecular formula is C17H19ClFN. The smallest absolute Gasteiger partial charge is 0.147 e. The lowest BCUT2D eigenvalue weighted by Crippen LogP contribution is -2.21. The first-order valence-corrected chi connectivity index (χ1v) is 7.47. The molecular weight excluding hydrogens is 273 g/mol. The summed E-state index contributed by atoms with van der Waals surface area (Å²) in [6, 6.07) is 15.0. The van der Waals surface area contributed by atoms with Crippen LogP contribution in [0.2, 0.25) is 0 Å². The van der Waals surface area contributed by atoms with E-state index in [1.54, 1.807) is 6.07 Å². The van der Waals surface area contributed by atoms with Gasteiger partial charge in [-0.3, -0.25) is 0 Å². The summed E-state index contributed by atoms with van der Waals surface area (Å²) in [6.45, 7) is 2.91. The van der Waals surface area contributed by atoms with E-state index in [1.807, 2.05) is 41.3 Å². The highest BCUT2D eigenvalue weighted by atomic mass is 35.5. The molecule has 0 atom stereocenters. The molecule has 0 aliphatic rings. The minimum atomic E-state index is -0.219. The molecule has 0 N–H and O–H groups in total. The number of unbranched alkanes of at least 4 members (excludes halogenated alkanes) is 1. The van der Waals surface area contributed by atoms with Crippen molar-refractivity contribution in [2.24, 2.45) is 0 Å². The Morgan fingerprint density at radius 2 is 1.80 bits per heavy atom. The van der Waals surface area contributed by atoms with Crippen LogP contribution in [-0.2, 0) is 5.88 Å². The summed E-state index contributed by atoms with van der Waals surface area (Å²) in [5.74, 6) is 0.0887. The van der Waals surface area contributed by atoms with Crippen LogP contribution < -0.4 is 4.90 Å². The highest BCUT2D eigenvalue weighted by Gasteiger charge is 2.16. The first-order valence-electron chi connectivity index (χ1n) is 6.94. The largest absolute Gasteiger partial charge is 0.339 e. The normalized spacial score (nSPS) is 10.6. The molecule has 0 bridgehead atoms. The van der Waals surface area contributed by atoms with Gasteiger partial charge in [0.15, 0.2) is 0 Å². The van der Waals surface area contributed by atoms with E-state index >= 15 is 0 Å². The van der Waals surface area contributed by atoms with E-state index < -0.39 is 0 Å². The molecule has 0 spiro atoms. The van der Waals surface area contributed by atoms with Gasteiger partial charge in [0.05, 0.1) is 5.69 Å². The second kappa shape index (κ2) is 7.30. The summed E-state index contributed by atoms with van der Waals surface area (Å²) in [4.78, 5) is 2.02. The molecule has 3 heteroatoms. The van der Waals surface area contributed by atoms with Crippen molar-refractivity contribution >= 4 is 23.0 Å². The molecule has 2 rings (SSSR count). The average Bonchev–Trinajstić information content (AvgIpc) is 2.50. The molecule has 0 radical (unpaired) electrons. The standard InChI is InChI=1S/C17H19ClFN/c1-2-3-12-20(15-9-5-4-6-10-15)17-14(13-18)8-7-11-16(17)19/h4-11H,2-3,12-13H2,1H3. The van der Waals surface area contributed by atoms with Crippen molar-refractivity contribution in [1.82, 2.24) is 0 Å². The lowest BCUT2D eigenvalue weighted by atomic mass is 10.1. The van der Waals surface area contributed by atoms with Crippen molar-refractivity contribution in [2.75, 3.05) is 11.4 Å².